The number of amides is 3. The molecule has 2 aromatic rings. The summed E-state index contributed by atoms with van der Waals surface area (Å²) in [5.74, 6) is -2.33. The SMILES string of the molecule is C=CCN(C)C(=O)[C@@H]1[C@H]2C(=O)N(CCO)C(C(=O)N(CC=C)Cn3nnc4ccccc43)C23CC[C@H]1O3. The molecule has 1 spiro atoms. The average Bonchev–Trinajstić information content (AvgIpc) is 3.63. The van der Waals surface area contributed by atoms with E-state index in [1.165, 1.54) is 9.80 Å². The minimum Gasteiger partial charge on any atom is -0.395 e. The molecule has 3 saturated heterocycles. The van der Waals surface area contributed by atoms with Gasteiger partial charge >= 0.3 is 0 Å². The lowest BCUT2D eigenvalue weighted by Crippen LogP contribution is -2.56. The fourth-order valence-corrected chi connectivity index (χ4v) is 6.33. The number of carbonyl (C=O) groups excluding carboxylic acids is 3. The molecule has 0 saturated carbocycles. The first-order valence-electron chi connectivity index (χ1n) is 12.5. The molecule has 196 valence electrons. The van der Waals surface area contributed by atoms with Gasteiger partial charge in [0.25, 0.3) is 0 Å². The normalized spacial score (nSPS) is 27.9. The van der Waals surface area contributed by atoms with Gasteiger partial charge in [-0.3, -0.25) is 14.4 Å². The highest BCUT2D eigenvalue weighted by atomic mass is 16.5. The largest absolute Gasteiger partial charge is 0.395 e. The highest BCUT2D eigenvalue weighted by Crippen LogP contribution is 2.58. The summed E-state index contributed by atoms with van der Waals surface area (Å²) in [6.45, 7) is 7.81. The molecule has 1 N–H and O–H groups in total. The highest BCUT2D eigenvalue weighted by molar-refractivity contribution is 5.99. The first-order valence-corrected chi connectivity index (χ1v) is 12.5. The summed E-state index contributed by atoms with van der Waals surface area (Å²) < 4.78 is 8.06. The maximum absolute atomic E-state index is 14.2. The molecule has 3 aliphatic rings. The number of rotatable bonds is 10. The summed E-state index contributed by atoms with van der Waals surface area (Å²) in [6, 6.07) is 6.47. The number of benzene rings is 1. The molecule has 2 bridgehead atoms. The highest BCUT2D eigenvalue weighted by Gasteiger charge is 2.74. The van der Waals surface area contributed by atoms with E-state index < -0.39 is 29.6 Å². The van der Waals surface area contributed by atoms with E-state index in [0.717, 1.165) is 5.52 Å². The minimum atomic E-state index is -1.13. The molecule has 11 nitrogen and oxygen atoms in total. The van der Waals surface area contributed by atoms with Crippen LogP contribution in [-0.2, 0) is 25.8 Å². The average molecular weight is 509 g/mol. The van der Waals surface area contributed by atoms with Gasteiger partial charge < -0.3 is 24.5 Å². The van der Waals surface area contributed by atoms with Gasteiger partial charge in [-0.2, -0.15) is 0 Å². The molecule has 1 aromatic heterocycles. The van der Waals surface area contributed by atoms with Gasteiger partial charge in [0.15, 0.2) is 0 Å². The quantitative estimate of drug-likeness (QED) is 0.462. The number of likely N-dealkylation sites (N-methyl/N-ethyl adjacent to an activating group) is 1. The van der Waals surface area contributed by atoms with Crippen molar-refractivity contribution in [3.8, 4) is 0 Å². The van der Waals surface area contributed by atoms with Crippen LogP contribution in [-0.4, -0.2) is 104 Å². The zero-order valence-corrected chi connectivity index (χ0v) is 20.9. The van der Waals surface area contributed by atoms with Crippen LogP contribution in [0.1, 0.15) is 12.8 Å². The van der Waals surface area contributed by atoms with Crippen molar-refractivity contribution in [2.24, 2.45) is 11.8 Å². The molecule has 3 fully saturated rings. The van der Waals surface area contributed by atoms with E-state index in [1.807, 2.05) is 24.3 Å². The zero-order chi connectivity index (χ0) is 26.3. The van der Waals surface area contributed by atoms with Crippen molar-refractivity contribution in [1.82, 2.24) is 29.7 Å². The van der Waals surface area contributed by atoms with Gasteiger partial charge in [-0.1, -0.05) is 29.5 Å². The summed E-state index contributed by atoms with van der Waals surface area (Å²) >= 11 is 0. The molecule has 37 heavy (non-hydrogen) atoms. The van der Waals surface area contributed by atoms with Gasteiger partial charge in [-0.25, -0.2) is 4.68 Å². The Morgan fingerprint density at radius 3 is 2.73 bits per heavy atom. The third-order valence-electron chi connectivity index (χ3n) is 7.83. The van der Waals surface area contributed by atoms with Crippen molar-refractivity contribution in [3.05, 3.63) is 49.6 Å². The van der Waals surface area contributed by atoms with Gasteiger partial charge in [-0.05, 0) is 25.0 Å². The van der Waals surface area contributed by atoms with Crippen molar-refractivity contribution in [2.75, 3.05) is 33.3 Å². The van der Waals surface area contributed by atoms with Crippen molar-refractivity contribution in [3.63, 3.8) is 0 Å². The smallest absolute Gasteiger partial charge is 0.250 e. The van der Waals surface area contributed by atoms with Gasteiger partial charge in [0.05, 0.1) is 30.1 Å². The molecule has 1 aromatic carbocycles. The van der Waals surface area contributed by atoms with Crippen molar-refractivity contribution in [2.45, 2.75) is 37.3 Å². The first-order chi connectivity index (χ1) is 17.9. The van der Waals surface area contributed by atoms with Gasteiger partial charge in [0.2, 0.25) is 17.7 Å². The van der Waals surface area contributed by atoms with Gasteiger partial charge in [0.1, 0.15) is 23.8 Å². The topological polar surface area (TPSA) is 121 Å². The second-order valence-corrected chi connectivity index (χ2v) is 9.89. The minimum absolute atomic E-state index is 0.0287. The van der Waals surface area contributed by atoms with E-state index in [2.05, 4.69) is 23.5 Å². The second kappa shape index (κ2) is 9.71. The Morgan fingerprint density at radius 1 is 1.24 bits per heavy atom. The van der Waals surface area contributed by atoms with Crippen LogP contribution in [0.5, 0.6) is 0 Å². The van der Waals surface area contributed by atoms with Crippen LogP contribution in [0.15, 0.2) is 49.6 Å². The summed E-state index contributed by atoms with van der Waals surface area (Å²) in [6.07, 6.45) is 3.86. The third kappa shape index (κ3) is 3.84. The molecule has 11 heteroatoms. The molecule has 0 aliphatic carbocycles. The Bertz CT molecular complexity index is 1250. The lowest BCUT2D eigenvalue weighted by atomic mass is 9.70. The Hall–Kier alpha value is -3.57. The van der Waals surface area contributed by atoms with Crippen LogP contribution in [0.4, 0.5) is 0 Å². The van der Waals surface area contributed by atoms with Crippen LogP contribution in [0, 0.1) is 11.8 Å². The number of carbonyl (C=O) groups is 3. The fraction of sp³-hybridized carbons (Fsp3) is 0.500. The third-order valence-corrected chi connectivity index (χ3v) is 7.83. The Balaban J connectivity index is 1.50. The van der Waals surface area contributed by atoms with Gasteiger partial charge in [-0.15, -0.1) is 18.3 Å². The predicted octanol–water partition coefficient (Wildman–Crippen LogP) is 0.415. The van der Waals surface area contributed by atoms with Gasteiger partial charge in [0, 0.05) is 26.7 Å². The molecular weight excluding hydrogens is 476 g/mol. The molecule has 3 amide bonds. The number of likely N-dealkylation sites (tertiary alicyclic amines) is 1. The van der Waals surface area contributed by atoms with Crippen molar-refractivity contribution >= 4 is 28.8 Å². The number of β-amino-alcohol motifs (C(OH)–C–C–N with tert-alkyl or cyclic N) is 1. The Kier molecular flexibility index (Phi) is 6.59. The number of para-hydroxylation sites is 1. The number of aliphatic hydroxyl groups excluding tert-OH is 1. The van der Waals surface area contributed by atoms with Crippen molar-refractivity contribution < 1.29 is 24.2 Å². The lowest BCUT2D eigenvalue weighted by molar-refractivity contribution is -0.150. The summed E-state index contributed by atoms with van der Waals surface area (Å²) in [5, 5.41) is 18.2. The monoisotopic (exact) mass is 508 g/mol. The number of aromatic nitrogens is 3. The number of fused-ring (bicyclic) bond motifs is 2. The Morgan fingerprint density at radius 2 is 2.00 bits per heavy atom. The molecule has 4 heterocycles. The van der Waals surface area contributed by atoms with Crippen molar-refractivity contribution in [1.29, 1.82) is 0 Å². The molecule has 2 unspecified atom stereocenters. The first kappa shape index (κ1) is 25.1. The number of nitrogens with zero attached hydrogens (tertiary/aromatic N) is 6. The van der Waals surface area contributed by atoms with Crippen LogP contribution in [0.2, 0.25) is 0 Å². The van der Waals surface area contributed by atoms with E-state index in [4.69, 9.17) is 4.74 Å². The van der Waals surface area contributed by atoms with Crippen LogP contribution >= 0.6 is 0 Å². The van der Waals surface area contributed by atoms with Crippen LogP contribution in [0.25, 0.3) is 11.0 Å². The lowest BCUT2D eigenvalue weighted by Gasteiger charge is -2.36. The summed E-state index contributed by atoms with van der Waals surface area (Å²) in [7, 11) is 1.67. The Labute approximate surface area is 214 Å². The van der Waals surface area contributed by atoms with Crippen LogP contribution in [0.3, 0.4) is 0 Å². The molecule has 5 rings (SSSR count). The number of aliphatic hydroxyl groups is 1. The number of hydrogen-bond donors (Lipinski definition) is 1. The molecule has 0 radical (unpaired) electrons. The van der Waals surface area contributed by atoms with E-state index >= 15 is 0 Å². The fourth-order valence-electron chi connectivity index (χ4n) is 6.33. The zero-order valence-electron chi connectivity index (χ0n) is 20.9. The molecular formula is C26H32N6O5. The van der Waals surface area contributed by atoms with Crippen LogP contribution < -0.4 is 0 Å². The summed E-state index contributed by atoms with van der Waals surface area (Å²) in [5.41, 5.74) is 0.338. The number of hydrogen-bond acceptors (Lipinski definition) is 7. The number of ether oxygens (including phenoxy) is 1. The maximum atomic E-state index is 14.2. The predicted molar refractivity (Wildman–Crippen MR) is 134 cm³/mol. The standard InChI is InChI=1S/C26H32N6O5/c1-4-12-29(3)23(34)20-19-10-11-26(37-19)21(20)24(35)31(14-15-33)22(26)25(36)30(13-5-2)16-32-18-9-7-6-8-17(18)27-28-32/h4-9,19-22,33H,1-2,10-16H2,3H3/t19-,20+,21+,22?,26?/m1/s1. The van der Waals surface area contributed by atoms with E-state index in [1.54, 1.807) is 28.8 Å². The maximum Gasteiger partial charge on any atom is 0.250 e. The summed E-state index contributed by atoms with van der Waals surface area (Å²) in [4.78, 5) is 45.9. The van der Waals surface area contributed by atoms with E-state index in [0.29, 0.717) is 24.9 Å². The van der Waals surface area contributed by atoms with E-state index in [-0.39, 0.29) is 44.1 Å². The second-order valence-electron chi connectivity index (χ2n) is 9.89. The molecule has 5 atom stereocenters. The van der Waals surface area contributed by atoms with E-state index in [9.17, 15) is 19.5 Å². The molecule has 3 aliphatic heterocycles.